The lowest BCUT2D eigenvalue weighted by atomic mass is 10.1. The van der Waals surface area contributed by atoms with Crippen molar-refractivity contribution in [3.8, 4) is 11.5 Å². The van der Waals surface area contributed by atoms with Crippen LogP contribution in [-0.4, -0.2) is 20.2 Å². The number of hydrogen-bond acceptors (Lipinski definition) is 3. The zero-order valence-corrected chi connectivity index (χ0v) is 15.8. The quantitative estimate of drug-likeness (QED) is 0.435. The highest BCUT2D eigenvalue weighted by atomic mass is 127. The minimum Gasteiger partial charge on any atom is -0.493 e. The maximum atomic E-state index is 5.92. The molecule has 0 heterocycles. The van der Waals surface area contributed by atoms with E-state index in [4.69, 9.17) is 15.2 Å². The molecule has 23 heavy (non-hydrogen) atoms. The number of hydrogen-bond donors (Lipinski definition) is 2. The number of nitrogens with one attached hydrogen (secondary N) is 1. The summed E-state index contributed by atoms with van der Waals surface area (Å²) in [4.78, 5) is 4.34. The SMILES string of the molecule is COc1ccc(NC(N)=NCc2cccc(C)c2)cc1OC.I. The van der Waals surface area contributed by atoms with E-state index in [1.165, 1.54) is 5.56 Å². The van der Waals surface area contributed by atoms with Gasteiger partial charge in [0, 0.05) is 11.8 Å². The second-order valence-electron chi connectivity index (χ2n) is 4.89. The molecule has 124 valence electrons. The standard InChI is InChI=1S/C17H21N3O2.HI/c1-12-5-4-6-13(9-12)11-19-17(18)20-14-7-8-15(21-2)16(10-14)22-3;/h4-10H,11H2,1-3H3,(H3,18,19,20);1H. The number of nitrogens with two attached hydrogens (primary N) is 1. The van der Waals surface area contributed by atoms with Crippen LogP contribution in [-0.2, 0) is 6.54 Å². The van der Waals surface area contributed by atoms with Gasteiger partial charge in [-0.3, -0.25) is 0 Å². The highest BCUT2D eigenvalue weighted by molar-refractivity contribution is 14.0. The Morgan fingerprint density at radius 1 is 1.09 bits per heavy atom. The van der Waals surface area contributed by atoms with E-state index in [1.54, 1.807) is 14.2 Å². The number of anilines is 1. The molecule has 0 aliphatic heterocycles. The Morgan fingerprint density at radius 2 is 1.83 bits per heavy atom. The van der Waals surface area contributed by atoms with Gasteiger partial charge in [0.2, 0.25) is 0 Å². The van der Waals surface area contributed by atoms with E-state index in [9.17, 15) is 0 Å². The Balaban J connectivity index is 0.00000264. The predicted octanol–water partition coefficient (Wildman–Crippen LogP) is 3.56. The summed E-state index contributed by atoms with van der Waals surface area (Å²) in [6.45, 7) is 2.59. The lowest BCUT2D eigenvalue weighted by Crippen LogP contribution is -2.22. The van der Waals surface area contributed by atoms with Crippen LogP contribution in [0.2, 0.25) is 0 Å². The molecule has 0 bridgehead atoms. The molecule has 2 aromatic rings. The minimum atomic E-state index is 0. The van der Waals surface area contributed by atoms with Crippen molar-refractivity contribution in [2.24, 2.45) is 10.7 Å². The van der Waals surface area contributed by atoms with Gasteiger partial charge in [-0.2, -0.15) is 0 Å². The summed E-state index contributed by atoms with van der Waals surface area (Å²) >= 11 is 0. The van der Waals surface area contributed by atoms with Gasteiger partial charge >= 0.3 is 0 Å². The van der Waals surface area contributed by atoms with Crippen LogP contribution in [0.4, 0.5) is 5.69 Å². The summed E-state index contributed by atoms with van der Waals surface area (Å²) in [6.07, 6.45) is 0. The first kappa shape index (κ1) is 19.1. The molecule has 0 saturated carbocycles. The van der Waals surface area contributed by atoms with Gasteiger partial charge in [0.05, 0.1) is 20.8 Å². The van der Waals surface area contributed by atoms with Crippen LogP contribution in [0.1, 0.15) is 11.1 Å². The number of aryl methyl sites for hydroxylation is 1. The molecule has 6 heteroatoms. The van der Waals surface area contributed by atoms with Gasteiger partial charge in [-0.15, -0.1) is 24.0 Å². The Hall–Kier alpha value is -1.96. The molecule has 2 aromatic carbocycles. The van der Waals surface area contributed by atoms with Crippen molar-refractivity contribution in [3.63, 3.8) is 0 Å². The Kier molecular flexibility index (Phi) is 7.67. The molecule has 3 N–H and O–H groups in total. The van der Waals surface area contributed by atoms with Crippen LogP contribution >= 0.6 is 24.0 Å². The van der Waals surface area contributed by atoms with Crippen molar-refractivity contribution < 1.29 is 9.47 Å². The fourth-order valence-electron chi connectivity index (χ4n) is 2.09. The van der Waals surface area contributed by atoms with Gasteiger partial charge in [0.25, 0.3) is 0 Å². The molecule has 0 radical (unpaired) electrons. The third kappa shape index (κ3) is 5.63. The molecule has 0 aliphatic carbocycles. The van der Waals surface area contributed by atoms with Crippen molar-refractivity contribution in [2.75, 3.05) is 19.5 Å². The predicted molar refractivity (Wildman–Crippen MR) is 105 cm³/mol. The first-order valence-corrected chi connectivity index (χ1v) is 6.97. The number of guanidine groups is 1. The second-order valence-corrected chi connectivity index (χ2v) is 4.89. The fraction of sp³-hybridized carbons (Fsp3) is 0.235. The number of rotatable bonds is 5. The Labute approximate surface area is 153 Å². The third-order valence-corrected chi connectivity index (χ3v) is 3.17. The Morgan fingerprint density at radius 3 is 2.48 bits per heavy atom. The van der Waals surface area contributed by atoms with Crippen molar-refractivity contribution in [2.45, 2.75) is 13.5 Å². The molecule has 2 rings (SSSR count). The van der Waals surface area contributed by atoms with Crippen molar-refractivity contribution in [1.82, 2.24) is 0 Å². The molecule has 0 spiro atoms. The molecular formula is C17H22IN3O2. The molecule has 5 nitrogen and oxygen atoms in total. The average molecular weight is 427 g/mol. The maximum absolute atomic E-state index is 5.92. The number of methoxy groups -OCH3 is 2. The number of aliphatic imine (C=N–C) groups is 1. The van der Waals surface area contributed by atoms with E-state index in [0.717, 1.165) is 11.3 Å². The lowest BCUT2D eigenvalue weighted by molar-refractivity contribution is 0.355. The molecular weight excluding hydrogens is 405 g/mol. The fourth-order valence-corrected chi connectivity index (χ4v) is 2.09. The van der Waals surface area contributed by atoms with E-state index >= 15 is 0 Å². The number of ether oxygens (including phenoxy) is 2. The first-order chi connectivity index (χ1) is 10.6. The van der Waals surface area contributed by atoms with Gasteiger partial charge < -0.3 is 20.5 Å². The van der Waals surface area contributed by atoms with Gasteiger partial charge in [0.1, 0.15) is 0 Å². The highest BCUT2D eigenvalue weighted by Crippen LogP contribution is 2.29. The normalized spacial score (nSPS) is 10.7. The summed E-state index contributed by atoms with van der Waals surface area (Å²) < 4.78 is 10.5. The third-order valence-electron chi connectivity index (χ3n) is 3.17. The summed E-state index contributed by atoms with van der Waals surface area (Å²) in [5, 5.41) is 3.04. The highest BCUT2D eigenvalue weighted by Gasteiger charge is 2.05. The zero-order valence-electron chi connectivity index (χ0n) is 13.5. The summed E-state index contributed by atoms with van der Waals surface area (Å²) in [5.41, 5.74) is 9.04. The average Bonchev–Trinajstić information content (AvgIpc) is 2.53. The van der Waals surface area contributed by atoms with Crippen LogP contribution in [0.3, 0.4) is 0 Å². The van der Waals surface area contributed by atoms with Gasteiger partial charge in [0.15, 0.2) is 17.5 Å². The number of benzene rings is 2. The van der Waals surface area contributed by atoms with E-state index in [-0.39, 0.29) is 24.0 Å². The number of nitrogens with zero attached hydrogens (tertiary/aromatic N) is 1. The molecule has 0 atom stereocenters. The monoisotopic (exact) mass is 427 g/mol. The molecule has 0 unspecified atom stereocenters. The van der Waals surface area contributed by atoms with Crippen LogP contribution in [0.25, 0.3) is 0 Å². The van der Waals surface area contributed by atoms with E-state index in [1.807, 2.05) is 30.3 Å². The molecule has 0 fully saturated rings. The van der Waals surface area contributed by atoms with Gasteiger partial charge in [-0.1, -0.05) is 29.8 Å². The van der Waals surface area contributed by atoms with Crippen LogP contribution in [0.5, 0.6) is 11.5 Å². The largest absolute Gasteiger partial charge is 0.493 e. The van der Waals surface area contributed by atoms with Crippen molar-refractivity contribution in [3.05, 3.63) is 53.6 Å². The molecule has 0 aliphatic rings. The van der Waals surface area contributed by atoms with Crippen molar-refractivity contribution in [1.29, 1.82) is 0 Å². The van der Waals surface area contributed by atoms with Crippen LogP contribution in [0.15, 0.2) is 47.5 Å². The summed E-state index contributed by atoms with van der Waals surface area (Å²) in [5.74, 6) is 1.66. The maximum Gasteiger partial charge on any atom is 0.193 e. The van der Waals surface area contributed by atoms with Crippen LogP contribution < -0.4 is 20.5 Å². The second kappa shape index (κ2) is 9.24. The first-order valence-electron chi connectivity index (χ1n) is 6.97. The lowest BCUT2D eigenvalue weighted by Gasteiger charge is -2.11. The van der Waals surface area contributed by atoms with Gasteiger partial charge in [-0.25, -0.2) is 4.99 Å². The molecule has 0 amide bonds. The molecule has 0 saturated heterocycles. The Bertz CT molecular complexity index is 675. The molecule has 0 aromatic heterocycles. The van der Waals surface area contributed by atoms with Gasteiger partial charge in [-0.05, 0) is 24.6 Å². The smallest absolute Gasteiger partial charge is 0.193 e. The summed E-state index contributed by atoms with van der Waals surface area (Å²) in [6, 6.07) is 13.7. The van der Waals surface area contributed by atoms with Crippen LogP contribution in [0, 0.1) is 6.92 Å². The zero-order chi connectivity index (χ0) is 15.9. The topological polar surface area (TPSA) is 68.9 Å². The van der Waals surface area contributed by atoms with E-state index in [0.29, 0.717) is 24.0 Å². The van der Waals surface area contributed by atoms with E-state index < -0.39 is 0 Å². The number of halogens is 1. The van der Waals surface area contributed by atoms with Crippen molar-refractivity contribution >= 4 is 35.6 Å². The van der Waals surface area contributed by atoms with E-state index in [2.05, 4.69) is 29.4 Å². The summed E-state index contributed by atoms with van der Waals surface area (Å²) in [7, 11) is 3.19. The minimum absolute atomic E-state index is 0.